The Hall–Kier alpha value is -2.99. The molecule has 1 amide bonds. The third-order valence-electron chi connectivity index (χ3n) is 4.56. The molecular formula is C18H19N7O3S2. The number of H-pyrrole nitrogens is 1. The molecule has 2 N–H and O–H groups in total. The van der Waals surface area contributed by atoms with E-state index >= 15 is 0 Å². The molecule has 12 heteroatoms. The van der Waals surface area contributed by atoms with Crippen molar-refractivity contribution in [3.8, 4) is 10.7 Å². The molecule has 1 fully saturated rings. The standard InChI is InChI=1S/C18H19N7O3S2/c1-30(27)13-8-6-11(7-9-13)15(23-28-12-4-2-3-5-12)17(26)20-18-19-10-14(29-18)16-21-24-25-22-16/h6-10,12H,2-5H2,1H3,(H,19,20,26)(H,21,22,24,25). The van der Waals surface area contributed by atoms with E-state index in [-0.39, 0.29) is 11.8 Å². The maximum absolute atomic E-state index is 13.0. The largest absolute Gasteiger partial charge is 0.392 e. The summed E-state index contributed by atoms with van der Waals surface area (Å²) >= 11 is 1.22. The lowest BCUT2D eigenvalue weighted by Gasteiger charge is -2.10. The maximum Gasteiger partial charge on any atom is 0.280 e. The van der Waals surface area contributed by atoms with E-state index in [0.29, 0.717) is 26.3 Å². The van der Waals surface area contributed by atoms with Gasteiger partial charge in [0.15, 0.2) is 10.8 Å². The molecule has 0 spiro atoms. The van der Waals surface area contributed by atoms with Crippen molar-refractivity contribution in [2.24, 2.45) is 5.16 Å². The summed E-state index contributed by atoms with van der Waals surface area (Å²) in [6, 6.07) is 6.84. The monoisotopic (exact) mass is 445 g/mol. The Kier molecular flexibility index (Phi) is 6.23. The molecule has 4 rings (SSSR count). The molecule has 1 unspecified atom stereocenters. The summed E-state index contributed by atoms with van der Waals surface area (Å²) < 4.78 is 11.7. The third kappa shape index (κ3) is 4.76. The zero-order valence-corrected chi connectivity index (χ0v) is 17.7. The second-order valence-electron chi connectivity index (χ2n) is 6.65. The van der Waals surface area contributed by atoms with Crippen LogP contribution in [0.25, 0.3) is 10.7 Å². The van der Waals surface area contributed by atoms with E-state index in [1.807, 2.05) is 0 Å². The van der Waals surface area contributed by atoms with Crippen LogP contribution in [0.15, 0.2) is 40.5 Å². The van der Waals surface area contributed by atoms with Crippen molar-refractivity contribution < 1.29 is 13.8 Å². The molecule has 0 aliphatic heterocycles. The average molecular weight is 446 g/mol. The molecule has 156 valence electrons. The van der Waals surface area contributed by atoms with Crippen LogP contribution in [-0.4, -0.2) is 53.8 Å². The van der Waals surface area contributed by atoms with E-state index in [2.05, 4.69) is 36.1 Å². The normalized spacial score (nSPS) is 15.8. The number of oxime groups is 1. The van der Waals surface area contributed by atoms with E-state index in [4.69, 9.17) is 4.84 Å². The molecule has 1 aromatic carbocycles. The summed E-state index contributed by atoms with van der Waals surface area (Å²) in [4.78, 5) is 24.1. The van der Waals surface area contributed by atoms with Gasteiger partial charge in [-0.05, 0) is 43.0 Å². The van der Waals surface area contributed by atoms with Gasteiger partial charge < -0.3 is 4.84 Å². The number of tetrazole rings is 1. The number of rotatable bonds is 7. The van der Waals surface area contributed by atoms with Crippen LogP contribution in [0.2, 0.25) is 0 Å². The molecule has 2 heterocycles. The van der Waals surface area contributed by atoms with Crippen LogP contribution in [0, 0.1) is 0 Å². The lowest BCUT2D eigenvalue weighted by Crippen LogP contribution is -2.25. The van der Waals surface area contributed by atoms with Gasteiger partial charge in [0.2, 0.25) is 5.82 Å². The number of carbonyl (C=O) groups is 1. The van der Waals surface area contributed by atoms with Crippen LogP contribution < -0.4 is 5.32 Å². The molecule has 1 atom stereocenters. The third-order valence-corrected chi connectivity index (χ3v) is 6.41. The topological polar surface area (TPSA) is 135 Å². The predicted octanol–water partition coefficient (Wildman–Crippen LogP) is 2.36. The van der Waals surface area contributed by atoms with Crippen LogP contribution >= 0.6 is 11.3 Å². The molecule has 1 saturated carbocycles. The highest BCUT2D eigenvalue weighted by Crippen LogP contribution is 2.26. The number of nitrogens with one attached hydrogen (secondary N) is 2. The molecule has 3 aromatic rings. The van der Waals surface area contributed by atoms with Crippen molar-refractivity contribution in [2.75, 3.05) is 11.6 Å². The predicted molar refractivity (Wildman–Crippen MR) is 113 cm³/mol. The smallest absolute Gasteiger partial charge is 0.280 e. The molecule has 1 aliphatic carbocycles. The van der Waals surface area contributed by atoms with Crippen molar-refractivity contribution >= 4 is 38.9 Å². The highest BCUT2D eigenvalue weighted by molar-refractivity contribution is 7.84. The van der Waals surface area contributed by atoms with Gasteiger partial charge in [0.25, 0.3) is 5.91 Å². The Morgan fingerprint density at radius 1 is 1.30 bits per heavy atom. The summed E-state index contributed by atoms with van der Waals surface area (Å²) in [7, 11) is -1.11. The minimum atomic E-state index is -1.11. The van der Waals surface area contributed by atoms with Crippen LogP contribution in [0.1, 0.15) is 31.2 Å². The highest BCUT2D eigenvalue weighted by Gasteiger charge is 2.21. The number of aromatic nitrogens is 5. The minimum absolute atomic E-state index is 0.0138. The van der Waals surface area contributed by atoms with Gasteiger partial charge in [0.1, 0.15) is 6.10 Å². The Morgan fingerprint density at radius 3 is 2.73 bits per heavy atom. The SMILES string of the molecule is CS(=O)c1ccc(C(=NOC2CCCC2)C(=O)Nc2ncc(-c3nn[nH]n3)s2)cc1. The van der Waals surface area contributed by atoms with Gasteiger partial charge in [-0.1, -0.05) is 28.6 Å². The van der Waals surface area contributed by atoms with Crippen molar-refractivity contribution in [1.82, 2.24) is 25.6 Å². The quantitative estimate of drug-likeness (QED) is 0.421. The first-order valence-electron chi connectivity index (χ1n) is 9.29. The minimum Gasteiger partial charge on any atom is -0.392 e. The molecule has 0 bridgehead atoms. The second kappa shape index (κ2) is 9.22. The summed E-state index contributed by atoms with van der Waals surface area (Å²) in [5, 5.41) is 21.0. The van der Waals surface area contributed by atoms with Crippen LogP contribution in [0.4, 0.5) is 5.13 Å². The van der Waals surface area contributed by atoms with Crippen LogP contribution in [0.3, 0.4) is 0 Å². The number of carbonyl (C=O) groups excluding carboxylic acids is 1. The average Bonchev–Trinajstić information content (AvgIpc) is 3.51. The number of anilines is 1. The number of nitrogens with zero attached hydrogens (tertiary/aromatic N) is 5. The van der Waals surface area contributed by atoms with E-state index in [0.717, 1.165) is 25.7 Å². The molecule has 0 saturated heterocycles. The lowest BCUT2D eigenvalue weighted by molar-refractivity contribution is -0.110. The van der Waals surface area contributed by atoms with E-state index in [1.54, 1.807) is 36.7 Å². The molecule has 1 aliphatic rings. The first-order valence-corrected chi connectivity index (χ1v) is 11.7. The molecule has 30 heavy (non-hydrogen) atoms. The van der Waals surface area contributed by atoms with E-state index in [1.165, 1.54) is 11.3 Å². The van der Waals surface area contributed by atoms with Crippen molar-refractivity contribution in [3.05, 3.63) is 36.0 Å². The summed E-state index contributed by atoms with van der Waals surface area (Å²) in [5.74, 6) is -0.0537. The van der Waals surface area contributed by atoms with Gasteiger partial charge >= 0.3 is 0 Å². The Morgan fingerprint density at radius 2 is 2.07 bits per heavy atom. The molecule has 0 radical (unpaired) electrons. The molecule has 2 aromatic heterocycles. The number of aromatic amines is 1. The lowest BCUT2D eigenvalue weighted by atomic mass is 10.1. The number of hydrogen-bond acceptors (Lipinski definition) is 9. The van der Waals surface area contributed by atoms with Gasteiger partial charge in [0, 0.05) is 27.5 Å². The fraction of sp³-hybridized carbons (Fsp3) is 0.333. The molecular weight excluding hydrogens is 426 g/mol. The van der Waals surface area contributed by atoms with Crippen molar-refractivity contribution in [2.45, 2.75) is 36.7 Å². The van der Waals surface area contributed by atoms with Gasteiger partial charge in [-0.15, -0.1) is 10.2 Å². The van der Waals surface area contributed by atoms with Crippen molar-refractivity contribution in [1.29, 1.82) is 0 Å². The number of benzene rings is 1. The Bertz CT molecular complexity index is 1060. The van der Waals surface area contributed by atoms with Crippen molar-refractivity contribution in [3.63, 3.8) is 0 Å². The zero-order valence-electron chi connectivity index (χ0n) is 16.1. The Balaban J connectivity index is 1.55. The van der Waals surface area contributed by atoms with Gasteiger partial charge in [-0.2, -0.15) is 5.21 Å². The van der Waals surface area contributed by atoms with Crippen LogP contribution in [-0.2, 0) is 20.4 Å². The second-order valence-corrected chi connectivity index (χ2v) is 9.06. The summed E-state index contributed by atoms with van der Waals surface area (Å²) in [6.45, 7) is 0. The Labute approximate surface area is 178 Å². The number of hydrogen-bond donors (Lipinski definition) is 2. The van der Waals surface area contributed by atoms with E-state index < -0.39 is 16.7 Å². The van der Waals surface area contributed by atoms with Gasteiger partial charge in [0.05, 0.1) is 11.1 Å². The fourth-order valence-corrected chi connectivity index (χ4v) is 4.27. The summed E-state index contributed by atoms with van der Waals surface area (Å²) in [5.41, 5.74) is 0.696. The van der Waals surface area contributed by atoms with E-state index in [9.17, 15) is 9.00 Å². The first-order chi connectivity index (χ1) is 14.6. The van der Waals surface area contributed by atoms with Gasteiger partial charge in [-0.3, -0.25) is 14.3 Å². The van der Waals surface area contributed by atoms with Gasteiger partial charge in [-0.25, -0.2) is 4.98 Å². The first kappa shape index (κ1) is 20.3. The number of thiazole rings is 1. The fourth-order valence-electron chi connectivity index (χ4n) is 3.01. The maximum atomic E-state index is 13.0. The van der Waals surface area contributed by atoms with Crippen LogP contribution in [0.5, 0.6) is 0 Å². The highest BCUT2D eigenvalue weighted by atomic mass is 32.2. The number of amides is 1. The zero-order chi connectivity index (χ0) is 20.9. The summed E-state index contributed by atoms with van der Waals surface area (Å²) in [6.07, 6.45) is 7.21. The molecule has 10 nitrogen and oxygen atoms in total.